The molecule has 128 valence electrons. The Balaban J connectivity index is 2.11. The lowest BCUT2D eigenvalue weighted by Crippen LogP contribution is -2.61. The highest BCUT2D eigenvalue weighted by Gasteiger charge is 2.46. The van der Waals surface area contributed by atoms with Crippen molar-refractivity contribution in [1.29, 1.82) is 0 Å². The van der Waals surface area contributed by atoms with E-state index in [1.54, 1.807) is 0 Å². The van der Waals surface area contributed by atoms with Gasteiger partial charge in [-0.1, -0.05) is 0 Å². The van der Waals surface area contributed by atoms with Crippen molar-refractivity contribution in [2.75, 3.05) is 19.0 Å². The van der Waals surface area contributed by atoms with Gasteiger partial charge in [-0.2, -0.15) is 0 Å². The van der Waals surface area contributed by atoms with Crippen LogP contribution in [0.15, 0.2) is 18.2 Å². The molecule has 5 atom stereocenters. The fourth-order valence-corrected chi connectivity index (χ4v) is 2.28. The minimum absolute atomic E-state index is 0.00385. The Morgan fingerprint density at radius 2 is 2.00 bits per heavy atom. The number of benzene rings is 1. The smallest absolute Gasteiger partial charge is 0.256 e. The van der Waals surface area contributed by atoms with E-state index in [0.29, 0.717) is 0 Å². The first-order chi connectivity index (χ1) is 10.9. The average Bonchev–Trinajstić information content (AvgIpc) is 2.53. The molecular formula is C14H18FNO7. The highest BCUT2D eigenvalue weighted by Crippen LogP contribution is 2.24. The van der Waals surface area contributed by atoms with E-state index in [2.05, 4.69) is 5.32 Å². The molecule has 1 aromatic carbocycles. The molecular weight excluding hydrogens is 313 g/mol. The molecule has 2 rings (SSSR count). The molecule has 0 unspecified atom stereocenters. The second-order valence-corrected chi connectivity index (χ2v) is 5.09. The molecule has 8 nitrogen and oxygen atoms in total. The molecule has 1 aromatic rings. The number of rotatable bonds is 4. The summed E-state index contributed by atoms with van der Waals surface area (Å²) in [5.74, 6) is -1.55. The maximum absolute atomic E-state index is 13.6. The summed E-state index contributed by atoms with van der Waals surface area (Å²) in [5.41, 5.74) is 0.0882. The van der Waals surface area contributed by atoms with E-state index in [-0.39, 0.29) is 11.4 Å². The Morgan fingerprint density at radius 1 is 1.30 bits per heavy atom. The van der Waals surface area contributed by atoms with Gasteiger partial charge >= 0.3 is 0 Å². The first-order valence-corrected chi connectivity index (χ1v) is 6.84. The minimum Gasteiger partial charge on any atom is -0.494 e. The molecule has 0 saturated carbocycles. The topological polar surface area (TPSA) is 128 Å². The summed E-state index contributed by atoms with van der Waals surface area (Å²) in [6.07, 6.45) is -7.65. The highest BCUT2D eigenvalue weighted by atomic mass is 19.1. The Hall–Kier alpha value is -1.78. The van der Waals surface area contributed by atoms with Crippen LogP contribution >= 0.6 is 0 Å². The zero-order valence-electron chi connectivity index (χ0n) is 12.2. The predicted octanol–water partition coefficient (Wildman–Crippen LogP) is -1.38. The van der Waals surface area contributed by atoms with Gasteiger partial charge in [0.1, 0.15) is 24.4 Å². The van der Waals surface area contributed by atoms with Gasteiger partial charge in [-0.3, -0.25) is 4.79 Å². The monoisotopic (exact) mass is 331 g/mol. The van der Waals surface area contributed by atoms with Crippen LogP contribution in [0.4, 0.5) is 10.1 Å². The maximum atomic E-state index is 13.6. The van der Waals surface area contributed by atoms with Crippen LogP contribution in [0.3, 0.4) is 0 Å². The standard InChI is InChI=1S/C14H18FNO7/c1-22-8-3-2-6(4-7(8)15)16-14(21)13-12(20)11(19)10(18)9(5-17)23-13/h2-4,9-13,17-20H,5H2,1H3,(H,16,21)/t9-,10+,11+,12-,13-/m1/s1. The molecule has 5 N–H and O–H groups in total. The van der Waals surface area contributed by atoms with E-state index in [1.807, 2.05) is 0 Å². The van der Waals surface area contributed by atoms with E-state index < -0.39 is 48.9 Å². The Kier molecular flexibility index (Phi) is 5.50. The number of carbonyl (C=O) groups is 1. The number of methoxy groups -OCH3 is 1. The van der Waals surface area contributed by atoms with Crippen LogP contribution in [-0.4, -0.2) is 70.6 Å². The second-order valence-electron chi connectivity index (χ2n) is 5.09. The zero-order chi connectivity index (χ0) is 17.1. The third-order valence-electron chi connectivity index (χ3n) is 3.57. The van der Waals surface area contributed by atoms with Crippen LogP contribution in [0.25, 0.3) is 0 Å². The summed E-state index contributed by atoms with van der Waals surface area (Å²) in [7, 11) is 1.30. The van der Waals surface area contributed by atoms with Crippen LogP contribution in [0.2, 0.25) is 0 Å². The molecule has 1 aliphatic heterocycles. The molecule has 1 amide bonds. The van der Waals surface area contributed by atoms with Gasteiger partial charge < -0.3 is 35.2 Å². The summed E-state index contributed by atoms with van der Waals surface area (Å²) in [5, 5.41) is 40.5. The number of aliphatic hydroxyl groups excluding tert-OH is 4. The van der Waals surface area contributed by atoms with Crippen LogP contribution in [-0.2, 0) is 9.53 Å². The number of anilines is 1. The third-order valence-corrected chi connectivity index (χ3v) is 3.57. The van der Waals surface area contributed by atoms with E-state index >= 15 is 0 Å². The van der Waals surface area contributed by atoms with Gasteiger partial charge in [0.15, 0.2) is 17.7 Å². The first kappa shape index (κ1) is 17.6. The van der Waals surface area contributed by atoms with Crippen LogP contribution < -0.4 is 10.1 Å². The van der Waals surface area contributed by atoms with Crippen molar-refractivity contribution < 1.29 is 39.1 Å². The van der Waals surface area contributed by atoms with E-state index in [9.17, 15) is 24.5 Å². The minimum atomic E-state index is -1.70. The lowest BCUT2D eigenvalue weighted by molar-refractivity contribution is -0.224. The Bertz CT molecular complexity index is 568. The molecule has 1 aliphatic rings. The first-order valence-electron chi connectivity index (χ1n) is 6.84. The molecule has 1 saturated heterocycles. The normalized spacial score (nSPS) is 30.8. The van der Waals surface area contributed by atoms with Crippen LogP contribution in [0.5, 0.6) is 5.75 Å². The van der Waals surface area contributed by atoms with Gasteiger partial charge in [0.25, 0.3) is 5.91 Å². The van der Waals surface area contributed by atoms with Crippen molar-refractivity contribution in [3.63, 3.8) is 0 Å². The van der Waals surface area contributed by atoms with Crippen LogP contribution in [0, 0.1) is 5.82 Å². The largest absolute Gasteiger partial charge is 0.494 e. The van der Waals surface area contributed by atoms with Crippen molar-refractivity contribution in [3.05, 3.63) is 24.0 Å². The summed E-state index contributed by atoms with van der Waals surface area (Å²) in [6.45, 7) is -0.647. The van der Waals surface area contributed by atoms with Crippen molar-refractivity contribution in [2.45, 2.75) is 30.5 Å². The summed E-state index contributed by atoms with van der Waals surface area (Å²) < 4.78 is 23.4. The van der Waals surface area contributed by atoms with Gasteiger partial charge in [0.2, 0.25) is 0 Å². The number of aliphatic hydroxyl groups is 4. The maximum Gasteiger partial charge on any atom is 0.256 e. The molecule has 1 fully saturated rings. The molecule has 1 heterocycles. The number of halogens is 1. The lowest BCUT2D eigenvalue weighted by atomic mass is 9.94. The highest BCUT2D eigenvalue weighted by molar-refractivity contribution is 5.94. The van der Waals surface area contributed by atoms with Crippen molar-refractivity contribution >= 4 is 11.6 Å². The predicted molar refractivity (Wildman–Crippen MR) is 75.3 cm³/mol. The number of nitrogens with one attached hydrogen (secondary N) is 1. The summed E-state index contributed by atoms with van der Waals surface area (Å²) in [4.78, 5) is 12.1. The van der Waals surface area contributed by atoms with Gasteiger partial charge in [-0.25, -0.2) is 4.39 Å². The fourth-order valence-electron chi connectivity index (χ4n) is 2.28. The second kappa shape index (κ2) is 7.20. The average molecular weight is 331 g/mol. The van der Waals surface area contributed by atoms with Gasteiger partial charge in [-0.05, 0) is 12.1 Å². The summed E-state index contributed by atoms with van der Waals surface area (Å²) >= 11 is 0. The Labute approximate surface area is 131 Å². The van der Waals surface area contributed by atoms with Crippen molar-refractivity contribution in [1.82, 2.24) is 0 Å². The number of hydrogen-bond donors (Lipinski definition) is 5. The number of ether oxygens (including phenoxy) is 2. The molecule has 0 spiro atoms. The van der Waals surface area contributed by atoms with Crippen LogP contribution in [0.1, 0.15) is 0 Å². The number of carbonyl (C=O) groups excluding carboxylic acids is 1. The van der Waals surface area contributed by atoms with Gasteiger partial charge in [0.05, 0.1) is 13.7 Å². The quantitative estimate of drug-likeness (QED) is 0.460. The van der Waals surface area contributed by atoms with Gasteiger partial charge in [-0.15, -0.1) is 0 Å². The van der Waals surface area contributed by atoms with Gasteiger partial charge in [0, 0.05) is 11.8 Å². The number of amides is 1. The zero-order valence-corrected chi connectivity index (χ0v) is 12.2. The van der Waals surface area contributed by atoms with E-state index in [1.165, 1.54) is 19.2 Å². The SMILES string of the molecule is COc1ccc(NC(=O)[C@@H]2O[C@H](CO)[C@H](O)[C@H](O)[C@H]2O)cc1F. The molecule has 9 heteroatoms. The van der Waals surface area contributed by atoms with Crippen molar-refractivity contribution in [3.8, 4) is 5.75 Å². The molecule has 0 bridgehead atoms. The van der Waals surface area contributed by atoms with E-state index in [4.69, 9.17) is 14.6 Å². The molecule has 23 heavy (non-hydrogen) atoms. The lowest BCUT2D eigenvalue weighted by Gasteiger charge is -2.39. The molecule has 0 radical (unpaired) electrons. The van der Waals surface area contributed by atoms with E-state index in [0.717, 1.165) is 6.07 Å². The van der Waals surface area contributed by atoms with Crippen molar-refractivity contribution in [2.24, 2.45) is 0 Å². The summed E-state index contributed by atoms with van der Waals surface area (Å²) in [6, 6.07) is 3.70. The fraction of sp³-hybridized carbons (Fsp3) is 0.500. The number of hydrogen-bond acceptors (Lipinski definition) is 7. The molecule has 0 aliphatic carbocycles. The molecule has 0 aromatic heterocycles. The third kappa shape index (κ3) is 3.59. The Morgan fingerprint density at radius 3 is 2.57 bits per heavy atom.